The van der Waals surface area contributed by atoms with Crippen LogP contribution in [0.2, 0.25) is 0 Å². The van der Waals surface area contributed by atoms with Crippen molar-refractivity contribution in [2.24, 2.45) is 0 Å². The molecule has 0 aliphatic rings. The number of fused-ring (bicyclic) bond motifs is 9. The van der Waals surface area contributed by atoms with Crippen molar-refractivity contribution in [3.8, 4) is 16.8 Å². The van der Waals surface area contributed by atoms with Gasteiger partial charge in [-0.25, -0.2) is 0 Å². The molecule has 1 aromatic heterocycles. The van der Waals surface area contributed by atoms with Gasteiger partial charge in [-0.15, -0.1) is 6.58 Å². The zero-order chi connectivity index (χ0) is 26.6. The number of para-hydroxylation sites is 1. The average molecular weight is 510 g/mol. The Morgan fingerprint density at radius 1 is 0.450 bits per heavy atom. The highest BCUT2D eigenvalue weighted by Gasteiger charge is 2.14. The van der Waals surface area contributed by atoms with Crippen molar-refractivity contribution in [2.75, 3.05) is 0 Å². The fraction of sp³-hybridized carbons (Fsp3) is 0.0256. The van der Waals surface area contributed by atoms with Crippen molar-refractivity contribution in [3.05, 3.63) is 152 Å². The summed E-state index contributed by atoms with van der Waals surface area (Å²) < 4.78 is 2.40. The van der Waals surface area contributed by atoms with E-state index >= 15 is 0 Å². The number of aromatic nitrogens is 1. The van der Waals surface area contributed by atoms with Gasteiger partial charge < -0.3 is 4.57 Å². The van der Waals surface area contributed by atoms with E-state index in [0.29, 0.717) is 0 Å². The van der Waals surface area contributed by atoms with Crippen molar-refractivity contribution < 1.29 is 0 Å². The Bertz CT molecular complexity index is 2230. The van der Waals surface area contributed by atoms with Crippen molar-refractivity contribution in [1.82, 2.24) is 4.57 Å². The quantitative estimate of drug-likeness (QED) is 0.164. The van der Waals surface area contributed by atoms with Crippen molar-refractivity contribution in [2.45, 2.75) is 6.42 Å². The molecule has 1 nitrogen and oxygen atoms in total. The van der Waals surface area contributed by atoms with Gasteiger partial charge in [0.15, 0.2) is 0 Å². The smallest absolute Gasteiger partial charge is 0.0541 e. The van der Waals surface area contributed by atoms with Gasteiger partial charge in [0.05, 0.1) is 11.0 Å². The summed E-state index contributed by atoms with van der Waals surface area (Å²) in [5.74, 6) is 0. The zero-order valence-corrected chi connectivity index (χ0v) is 22.1. The first-order chi connectivity index (χ1) is 19.8. The van der Waals surface area contributed by atoms with Crippen LogP contribution in [0.5, 0.6) is 0 Å². The summed E-state index contributed by atoms with van der Waals surface area (Å²) in [7, 11) is 0. The van der Waals surface area contributed by atoms with Crippen LogP contribution >= 0.6 is 0 Å². The Morgan fingerprint density at radius 2 is 1.05 bits per heavy atom. The molecule has 0 amide bonds. The molecule has 0 fully saturated rings. The molecule has 0 saturated carbocycles. The lowest BCUT2D eigenvalue weighted by molar-refractivity contribution is 1.18. The minimum Gasteiger partial charge on any atom is -0.309 e. The van der Waals surface area contributed by atoms with E-state index in [0.717, 1.165) is 6.42 Å². The van der Waals surface area contributed by atoms with Gasteiger partial charge in [0.2, 0.25) is 0 Å². The van der Waals surface area contributed by atoms with Crippen molar-refractivity contribution >= 4 is 54.1 Å². The van der Waals surface area contributed by atoms with Crippen LogP contribution in [-0.4, -0.2) is 4.57 Å². The third-order valence-electron chi connectivity index (χ3n) is 8.30. The number of hydrogen-bond acceptors (Lipinski definition) is 0. The lowest BCUT2D eigenvalue weighted by atomic mass is 9.92. The molecule has 0 saturated heterocycles. The molecule has 8 aromatic rings. The maximum atomic E-state index is 3.93. The highest BCUT2D eigenvalue weighted by molar-refractivity contribution is 6.25. The number of allylic oxidation sites excluding steroid dienone is 1. The Hall–Kier alpha value is -5.14. The molecule has 40 heavy (non-hydrogen) atoms. The molecule has 0 bridgehead atoms. The molecule has 0 aliphatic carbocycles. The van der Waals surface area contributed by atoms with E-state index in [9.17, 15) is 0 Å². The minimum absolute atomic E-state index is 0.872. The van der Waals surface area contributed by atoms with Gasteiger partial charge >= 0.3 is 0 Å². The first-order valence-corrected chi connectivity index (χ1v) is 13.9. The largest absolute Gasteiger partial charge is 0.309 e. The predicted octanol–water partition coefficient (Wildman–Crippen LogP) is 10.6. The third kappa shape index (κ3) is 3.41. The summed E-state index contributed by atoms with van der Waals surface area (Å²) in [5.41, 5.74) is 7.34. The van der Waals surface area contributed by atoms with Crippen molar-refractivity contribution in [1.29, 1.82) is 0 Å². The molecule has 1 heteroatoms. The summed E-state index contributed by atoms with van der Waals surface area (Å²) in [6.45, 7) is 3.93. The highest BCUT2D eigenvalue weighted by Crippen LogP contribution is 2.38. The van der Waals surface area contributed by atoms with Gasteiger partial charge in [-0.3, -0.25) is 0 Å². The van der Waals surface area contributed by atoms with Gasteiger partial charge in [0, 0.05) is 16.5 Å². The lowest BCUT2D eigenvalue weighted by Crippen LogP contribution is -1.94. The maximum Gasteiger partial charge on any atom is 0.0541 e. The van der Waals surface area contributed by atoms with Gasteiger partial charge in [0.25, 0.3) is 0 Å². The molecule has 188 valence electrons. The first-order valence-electron chi connectivity index (χ1n) is 13.9. The van der Waals surface area contributed by atoms with Gasteiger partial charge in [0.1, 0.15) is 0 Å². The molecule has 1 heterocycles. The van der Waals surface area contributed by atoms with Crippen LogP contribution in [0.15, 0.2) is 146 Å². The van der Waals surface area contributed by atoms with E-state index in [1.54, 1.807) is 0 Å². The molecule has 0 radical (unpaired) electrons. The Morgan fingerprint density at radius 3 is 1.77 bits per heavy atom. The standard InChI is InChI=1S/C39H27N/c1-2-10-26-19-22-39-37(23-26)35-17-7-8-18-38(35)40(39)29-12-9-11-27(24-29)28-20-21-34-32-15-4-3-13-30(32)31-14-5-6-16-33(31)36(34)25-28/h2-9,11-25H,1,10H2. The van der Waals surface area contributed by atoms with E-state index in [4.69, 9.17) is 0 Å². The Kier molecular flexibility index (Phi) is 5.11. The number of nitrogens with zero attached hydrogens (tertiary/aromatic N) is 1. The second kappa shape index (κ2) is 8.97. The fourth-order valence-electron chi connectivity index (χ4n) is 6.50. The molecular weight excluding hydrogens is 482 g/mol. The summed E-state index contributed by atoms with van der Waals surface area (Å²) in [5, 5.41) is 10.4. The zero-order valence-electron chi connectivity index (χ0n) is 22.1. The summed E-state index contributed by atoms with van der Waals surface area (Å²) >= 11 is 0. The highest BCUT2D eigenvalue weighted by atomic mass is 15.0. The van der Waals surface area contributed by atoms with Crippen LogP contribution in [0.4, 0.5) is 0 Å². The van der Waals surface area contributed by atoms with E-state index in [1.165, 1.54) is 76.5 Å². The van der Waals surface area contributed by atoms with E-state index in [2.05, 4.69) is 145 Å². The van der Waals surface area contributed by atoms with Crippen LogP contribution in [0, 0.1) is 0 Å². The molecular formula is C39H27N. The minimum atomic E-state index is 0.872. The van der Waals surface area contributed by atoms with Gasteiger partial charge in [-0.1, -0.05) is 103 Å². The molecule has 0 unspecified atom stereocenters. The van der Waals surface area contributed by atoms with Crippen LogP contribution in [0.3, 0.4) is 0 Å². The average Bonchev–Trinajstić information content (AvgIpc) is 3.35. The molecule has 8 rings (SSSR count). The third-order valence-corrected chi connectivity index (χ3v) is 8.30. The van der Waals surface area contributed by atoms with Crippen LogP contribution in [0.25, 0.3) is 70.9 Å². The topological polar surface area (TPSA) is 4.93 Å². The molecule has 0 N–H and O–H groups in total. The monoisotopic (exact) mass is 509 g/mol. The van der Waals surface area contributed by atoms with Crippen LogP contribution in [0.1, 0.15) is 5.56 Å². The normalized spacial score (nSPS) is 11.7. The summed E-state index contributed by atoms with van der Waals surface area (Å²) in [6, 6.07) is 48.9. The second-order valence-corrected chi connectivity index (χ2v) is 10.6. The molecule has 7 aromatic carbocycles. The second-order valence-electron chi connectivity index (χ2n) is 10.6. The number of hydrogen-bond donors (Lipinski definition) is 0. The van der Waals surface area contributed by atoms with Gasteiger partial charge in [-0.2, -0.15) is 0 Å². The fourth-order valence-corrected chi connectivity index (χ4v) is 6.50. The SMILES string of the molecule is C=CCc1ccc2c(c1)c1ccccc1n2-c1cccc(-c2ccc3c4ccccc4c4ccccc4c3c2)c1. The lowest BCUT2D eigenvalue weighted by Gasteiger charge is -2.13. The molecule has 0 spiro atoms. The summed E-state index contributed by atoms with van der Waals surface area (Å²) in [6.07, 6.45) is 2.84. The van der Waals surface area contributed by atoms with Crippen LogP contribution < -0.4 is 0 Å². The number of rotatable bonds is 4. The summed E-state index contributed by atoms with van der Waals surface area (Å²) in [4.78, 5) is 0. The van der Waals surface area contributed by atoms with E-state index in [-0.39, 0.29) is 0 Å². The van der Waals surface area contributed by atoms with E-state index in [1.807, 2.05) is 6.08 Å². The maximum absolute atomic E-state index is 3.93. The first kappa shape index (κ1) is 22.8. The molecule has 0 atom stereocenters. The van der Waals surface area contributed by atoms with E-state index < -0.39 is 0 Å². The predicted molar refractivity (Wildman–Crippen MR) is 173 cm³/mol. The molecule has 0 aliphatic heterocycles. The van der Waals surface area contributed by atoms with Gasteiger partial charge in [-0.05, 0) is 91.8 Å². The van der Waals surface area contributed by atoms with Crippen LogP contribution in [-0.2, 0) is 6.42 Å². The Balaban J connectivity index is 1.35. The number of benzene rings is 7. The van der Waals surface area contributed by atoms with Crippen molar-refractivity contribution in [3.63, 3.8) is 0 Å². The Labute approximate surface area is 233 Å².